The average molecular weight is 207 g/mol. The van der Waals surface area contributed by atoms with E-state index in [1.54, 1.807) is 0 Å². The van der Waals surface area contributed by atoms with Gasteiger partial charge < -0.3 is 5.73 Å². The largest absolute Gasteiger partial charge is 0.398 e. The summed E-state index contributed by atoms with van der Waals surface area (Å²) in [6, 6.07) is 16.9. The third-order valence-electron chi connectivity index (χ3n) is 3.03. The van der Waals surface area contributed by atoms with E-state index in [4.69, 9.17) is 5.73 Å². The Morgan fingerprint density at radius 1 is 0.812 bits per heavy atom. The van der Waals surface area contributed by atoms with Crippen molar-refractivity contribution in [3.8, 4) is 0 Å². The second-order valence-corrected chi connectivity index (χ2v) is 4.27. The van der Waals surface area contributed by atoms with Gasteiger partial charge in [0.25, 0.3) is 0 Å². The van der Waals surface area contributed by atoms with Crippen LogP contribution in [0, 0.1) is 6.92 Å². The minimum Gasteiger partial charge on any atom is -0.398 e. The first-order chi connectivity index (χ1) is 7.74. The zero-order chi connectivity index (χ0) is 11.1. The first-order valence-corrected chi connectivity index (χ1v) is 5.43. The van der Waals surface area contributed by atoms with E-state index < -0.39 is 0 Å². The van der Waals surface area contributed by atoms with Crippen molar-refractivity contribution >= 4 is 27.2 Å². The second-order valence-electron chi connectivity index (χ2n) is 4.27. The van der Waals surface area contributed by atoms with Gasteiger partial charge in [0.2, 0.25) is 0 Å². The first kappa shape index (κ1) is 9.22. The lowest BCUT2D eigenvalue weighted by atomic mass is 10.0. The van der Waals surface area contributed by atoms with Crippen LogP contribution in [0.5, 0.6) is 0 Å². The molecule has 16 heavy (non-hydrogen) atoms. The number of aryl methyl sites for hydroxylation is 1. The van der Waals surface area contributed by atoms with Crippen LogP contribution < -0.4 is 5.73 Å². The summed E-state index contributed by atoms with van der Waals surface area (Å²) in [5, 5.41) is 4.87. The fourth-order valence-electron chi connectivity index (χ4n) is 2.17. The number of anilines is 1. The van der Waals surface area contributed by atoms with Gasteiger partial charge in [-0.15, -0.1) is 0 Å². The Morgan fingerprint density at radius 2 is 1.69 bits per heavy atom. The maximum absolute atomic E-state index is 5.98. The third-order valence-corrected chi connectivity index (χ3v) is 3.03. The molecule has 0 aromatic heterocycles. The van der Waals surface area contributed by atoms with E-state index in [2.05, 4.69) is 43.3 Å². The van der Waals surface area contributed by atoms with E-state index in [1.807, 2.05) is 12.1 Å². The summed E-state index contributed by atoms with van der Waals surface area (Å²) < 4.78 is 0. The van der Waals surface area contributed by atoms with Gasteiger partial charge >= 0.3 is 0 Å². The molecule has 2 N–H and O–H groups in total. The molecule has 0 saturated carbocycles. The van der Waals surface area contributed by atoms with E-state index in [0.717, 1.165) is 11.1 Å². The Bertz CT molecular complexity index is 683. The molecule has 0 spiro atoms. The second kappa shape index (κ2) is 3.24. The molecule has 0 amide bonds. The molecule has 0 aliphatic heterocycles. The van der Waals surface area contributed by atoms with Crippen LogP contribution >= 0.6 is 0 Å². The van der Waals surface area contributed by atoms with E-state index in [0.29, 0.717) is 0 Å². The van der Waals surface area contributed by atoms with Crippen LogP contribution in [0.3, 0.4) is 0 Å². The van der Waals surface area contributed by atoms with Crippen molar-refractivity contribution in [3.63, 3.8) is 0 Å². The van der Waals surface area contributed by atoms with Crippen molar-refractivity contribution in [1.82, 2.24) is 0 Å². The molecule has 0 atom stereocenters. The van der Waals surface area contributed by atoms with E-state index in [1.165, 1.54) is 21.7 Å². The fraction of sp³-hybridized carbons (Fsp3) is 0.0667. The van der Waals surface area contributed by atoms with Crippen LogP contribution in [0.25, 0.3) is 21.5 Å². The molecular formula is C15H13N. The molecule has 0 bridgehead atoms. The molecule has 0 saturated heterocycles. The van der Waals surface area contributed by atoms with Crippen molar-refractivity contribution in [2.75, 3.05) is 5.73 Å². The number of fused-ring (bicyclic) bond motifs is 2. The quantitative estimate of drug-likeness (QED) is 0.439. The molecule has 3 rings (SSSR count). The molecule has 78 valence electrons. The molecule has 0 aliphatic rings. The highest BCUT2D eigenvalue weighted by Gasteiger charge is 2.00. The van der Waals surface area contributed by atoms with Gasteiger partial charge in [-0.3, -0.25) is 0 Å². The van der Waals surface area contributed by atoms with Crippen LogP contribution in [0.15, 0.2) is 48.5 Å². The van der Waals surface area contributed by atoms with Gasteiger partial charge in [-0.25, -0.2) is 0 Å². The monoisotopic (exact) mass is 207 g/mol. The molecule has 3 aromatic rings. The Morgan fingerprint density at radius 3 is 2.56 bits per heavy atom. The number of nitrogen functional groups attached to an aromatic ring is 1. The zero-order valence-corrected chi connectivity index (χ0v) is 9.20. The average Bonchev–Trinajstić information content (AvgIpc) is 2.27. The summed E-state index contributed by atoms with van der Waals surface area (Å²) in [5.74, 6) is 0. The highest BCUT2D eigenvalue weighted by Crippen LogP contribution is 2.27. The van der Waals surface area contributed by atoms with Crippen LogP contribution in [-0.4, -0.2) is 0 Å². The predicted molar refractivity (Wildman–Crippen MR) is 70.6 cm³/mol. The molecule has 0 radical (unpaired) electrons. The van der Waals surface area contributed by atoms with Crippen molar-refractivity contribution in [2.24, 2.45) is 0 Å². The van der Waals surface area contributed by atoms with Crippen molar-refractivity contribution in [3.05, 3.63) is 54.1 Å². The van der Waals surface area contributed by atoms with E-state index in [-0.39, 0.29) is 0 Å². The Hall–Kier alpha value is -2.02. The van der Waals surface area contributed by atoms with Crippen LogP contribution in [0.2, 0.25) is 0 Å². The standard InChI is InChI=1S/C15H13N/c1-10-5-6-11-9-14-12(8-13(11)7-10)3-2-4-15(14)16/h2-9H,16H2,1H3. The maximum atomic E-state index is 5.98. The smallest absolute Gasteiger partial charge is 0.0393 e. The van der Waals surface area contributed by atoms with Crippen LogP contribution in [0.1, 0.15) is 5.56 Å². The SMILES string of the molecule is Cc1ccc2cc3c(N)cccc3cc2c1. The van der Waals surface area contributed by atoms with Gasteiger partial charge in [0.15, 0.2) is 0 Å². The van der Waals surface area contributed by atoms with Crippen molar-refractivity contribution in [2.45, 2.75) is 6.92 Å². The van der Waals surface area contributed by atoms with E-state index >= 15 is 0 Å². The molecule has 0 unspecified atom stereocenters. The number of benzene rings is 3. The van der Waals surface area contributed by atoms with E-state index in [9.17, 15) is 0 Å². The lowest BCUT2D eigenvalue weighted by molar-refractivity contribution is 1.51. The topological polar surface area (TPSA) is 26.0 Å². The van der Waals surface area contributed by atoms with Gasteiger partial charge in [-0.2, -0.15) is 0 Å². The summed E-state index contributed by atoms with van der Waals surface area (Å²) in [6.07, 6.45) is 0. The molecular weight excluding hydrogens is 194 g/mol. The van der Waals surface area contributed by atoms with Crippen LogP contribution in [0.4, 0.5) is 5.69 Å². The lowest BCUT2D eigenvalue weighted by Crippen LogP contribution is -1.86. The number of rotatable bonds is 0. The highest BCUT2D eigenvalue weighted by atomic mass is 14.5. The highest BCUT2D eigenvalue weighted by molar-refractivity contribution is 6.03. The summed E-state index contributed by atoms with van der Waals surface area (Å²) in [4.78, 5) is 0. The lowest BCUT2D eigenvalue weighted by Gasteiger charge is -2.05. The zero-order valence-electron chi connectivity index (χ0n) is 9.20. The molecule has 0 fully saturated rings. The number of hydrogen-bond acceptors (Lipinski definition) is 1. The molecule has 1 nitrogen and oxygen atoms in total. The Balaban J connectivity index is 2.49. The third kappa shape index (κ3) is 1.33. The summed E-state index contributed by atoms with van der Waals surface area (Å²) >= 11 is 0. The maximum Gasteiger partial charge on any atom is 0.0393 e. The minimum absolute atomic E-state index is 0.847. The first-order valence-electron chi connectivity index (χ1n) is 5.43. The van der Waals surface area contributed by atoms with Crippen molar-refractivity contribution in [1.29, 1.82) is 0 Å². The van der Waals surface area contributed by atoms with Gasteiger partial charge in [0.1, 0.15) is 0 Å². The predicted octanol–water partition coefficient (Wildman–Crippen LogP) is 3.88. The summed E-state index contributed by atoms with van der Waals surface area (Å²) in [7, 11) is 0. The van der Waals surface area contributed by atoms with Crippen LogP contribution in [-0.2, 0) is 0 Å². The van der Waals surface area contributed by atoms with Gasteiger partial charge in [0, 0.05) is 11.1 Å². The molecule has 0 heterocycles. The molecule has 3 aromatic carbocycles. The number of hydrogen-bond donors (Lipinski definition) is 1. The normalized spacial score (nSPS) is 11.1. The Labute approximate surface area is 94.5 Å². The molecule has 1 heteroatoms. The van der Waals surface area contributed by atoms with Gasteiger partial charge in [0.05, 0.1) is 0 Å². The van der Waals surface area contributed by atoms with Crippen molar-refractivity contribution < 1.29 is 0 Å². The molecule has 0 aliphatic carbocycles. The fourth-order valence-corrected chi connectivity index (χ4v) is 2.17. The van der Waals surface area contributed by atoms with Gasteiger partial charge in [-0.05, 0) is 41.3 Å². The minimum atomic E-state index is 0.847. The number of nitrogens with two attached hydrogens (primary N) is 1. The Kier molecular flexibility index (Phi) is 1.87. The van der Waals surface area contributed by atoms with Gasteiger partial charge in [-0.1, -0.05) is 35.9 Å². The summed E-state index contributed by atoms with van der Waals surface area (Å²) in [5.41, 5.74) is 8.11. The summed E-state index contributed by atoms with van der Waals surface area (Å²) in [6.45, 7) is 2.11.